The summed E-state index contributed by atoms with van der Waals surface area (Å²) in [6.07, 6.45) is 1.36. The minimum absolute atomic E-state index is 0.0268. The van der Waals surface area contributed by atoms with Crippen LogP contribution in [0.15, 0.2) is 18.2 Å². The monoisotopic (exact) mass is 383 g/mol. The van der Waals surface area contributed by atoms with Gasteiger partial charge in [0, 0.05) is 44.8 Å². The predicted octanol–water partition coefficient (Wildman–Crippen LogP) is 2.87. The van der Waals surface area contributed by atoms with Crippen molar-refractivity contribution in [3.8, 4) is 0 Å². The SMILES string of the molecule is CCN(CC)C(=O)CCN(c1ccc(N(CC)CC)cc1C)S(C)(=O)=O. The summed E-state index contributed by atoms with van der Waals surface area (Å²) in [5, 5.41) is 0. The number of sulfonamides is 1. The van der Waals surface area contributed by atoms with Crippen LogP contribution in [0.3, 0.4) is 0 Å². The molecule has 0 aliphatic carbocycles. The second-order valence-electron chi connectivity index (χ2n) is 6.29. The van der Waals surface area contributed by atoms with E-state index in [1.807, 2.05) is 39.0 Å². The molecule has 0 aliphatic heterocycles. The summed E-state index contributed by atoms with van der Waals surface area (Å²) in [6, 6.07) is 5.79. The van der Waals surface area contributed by atoms with Gasteiger partial charge in [0.25, 0.3) is 0 Å². The van der Waals surface area contributed by atoms with Gasteiger partial charge < -0.3 is 9.80 Å². The van der Waals surface area contributed by atoms with Crippen LogP contribution in [0.4, 0.5) is 11.4 Å². The second kappa shape index (κ2) is 9.80. The summed E-state index contributed by atoms with van der Waals surface area (Å²) in [5.74, 6) is -0.0268. The van der Waals surface area contributed by atoms with Gasteiger partial charge in [0.2, 0.25) is 15.9 Å². The van der Waals surface area contributed by atoms with Gasteiger partial charge in [0.1, 0.15) is 0 Å². The van der Waals surface area contributed by atoms with Crippen molar-refractivity contribution >= 4 is 27.3 Å². The first-order chi connectivity index (χ1) is 12.2. The van der Waals surface area contributed by atoms with Gasteiger partial charge in [-0.3, -0.25) is 9.10 Å². The average molecular weight is 384 g/mol. The Morgan fingerprint density at radius 1 is 1.00 bits per heavy atom. The van der Waals surface area contributed by atoms with Crippen LogP contribution in [0, 0.1) is 6.92 Å². The molecule has 0 saturated heterocycles. The van der Waals surface area contributed by atoms with Gasteiger partial charge in [-0.15, -0.1) is 0 Å². The first kappa shape index (κ1) is 22.3. The summed E-state index contributed by atoms with van der Waals surface area (Å²) in [7, 11) is -3.47. The zero-order valence-electron chi connectivity index (χ0n) is 16.9. The summed E-state index contributed by atoms with van der Waals surface area (Å²) in [5.41, 5.74) is 2.59. The largest absolute Gasteiger partial charge is 0.372 e. The van der Waals surface area contributed by atoms with E-state index in [2.05, 4.69) is 18.7 Å². The molecule has 0 aromatic heterocycles. The van der Waals surface area contributed by atoms with Crippen molar-refractivity contribution in [1.82, 2.24) is 4.90 Å². The van der Waals surface area contributed by atoms with Crippen molar-refractivity contribution in [2.45, 2.75) is 41.0 Å². The maximum absolute atomic E-state index is 12.3. The number of anilines is 2. The Labute approximate surface area is 158 Å². The molecule has 0 aliphatic rings. The quantitative estimate of drug-likeness (QED) is 0.623. The van der Waals surface area contributed by atoms with Crippen molar-refractivity contribution in [1.29, 1.82) is 0 Å². The molecule has 0 bridgehead atoms. The first-order valence-corrected chi connectivity index (χ1v) is 11.1. The van der Waals surface area contributed by atoms with E-state index in [1.165, 1.54) is 10.6 Å². The number of nitrogens with zero attached hydrogens (tertiary/aromatic N) is 3. The van der Waals surface area contributed by atoms with E-state index < -0.39 is 10.0 Å². The van der Waals surface area contributed by atoms with Gasteiger partial charge in [0.15, 0.2) is 0 Å². The number of hydrogen-bond acceptors (Lipinski definition) is 4. The second-order valence-corrected chi connectivity index (χ2v) is 8.20. The third kappa shape index (κ3) is 5.62. The van der Waals surface area contributed by atoms with Crippen LogP contribution >= 0.6 is 0 Å². The average Bonchev–Trinajstić information content (AvgIpc) is 2.57. The summed E-state index contributed by atoms with van der Waals surface area (Å²) >= 11 is 0. The number of carbonyl (C=O) groups is 1. The zero-order chi connectivity index (χ0) is 19.9. The van der Waals surface area contributed by atoms with E-state index >= 15 is 0 Å². The number of hydrogen-bond donors (Lipinski definition) is 0. The fraction of sp³-hybridized carbons (Fsp3) is 0.632. The maximum atomic E-state index is 12.3. The number of rotatable bonds is 10. The van der Waals surface area contributed by atoms with E-state index in [1.54, 1.807) is 4.90 Å². The smallest absolute Gasteiger partial charge is 0.232 e. The van der Waals surface area contributed by atoms with Crippen molar-refractivity contribution in [2.75, 3.05) is 48.2 Å². The zero-order valence-corrected chi connectivity index (χ0v) is 17.8. The molecular weight excluding hydrogens is 350 g/mol. The van der Waals surface area contributed by atoms with Gasteiger partial charge in [-0.05, 0) is 58.4 Å². The number of benzene rings is 1. The molecule has 0 N–H and O–H groups in total. The van der Waals surface area contributed by atoms with Gasteiger partial charge in [-0.1, -0.05) is 0 Å². The molecule has 0 unspecified atom stereocenters. The minimum atomic E-state index is -3.47. The van der Waals surface area contributed by atoms with E-state index in [0.29, 0.717) is 18.8 Å². The molecule has 7 heteroatoms. The Kier molecular flexibility index (Phi) is 8.40. The highest BCUT2D eigenvalue weighted by molar-refractivity contribution is 7.92. The van der Waals surface area contributed by atoms with Crippen LogP contribution < -0.4 is 9.21 Å². The molecular formula is C19H33N3O3S. The summed E-state index contributed by atoms with van der Waals surface area (Å²) in [6.45, 7) is 13.1. The summed E-state index contributed by atoms with van der Waals surface area (Å²) in [4.78, 5) is 16.2. The molecule has 1 amide bonds. The lowest BCUT2D eigenvalue weighted by molar-refractivity contribution is -0.130. The van der Waals surface area contributed by atoms with Crippen LogP contribution in [0.2, 0.25) is 0 Å². The Morgan fingerprint density at radius 3 is 2.00 bits per heavy atom. The fourth-order valence-electron chi connectivity index (χ4n) is 3.10. The molecule has 0 saturated carbocycles. The van der Waals surface area contributed by atoms with Gasteiger partial charge in [-0.25, -0.2) is 8.42 Å². The van der Waals surface area contributed by atoms with Gasteiger partial charge in [-0.2, -0.15) is 0 Å². The molecule has 1 aromatic rings. The lowest BCUT2D eigenvalue weighted by atomic mass is 10.1. The van der Waals surface area contributed by atoms with Crippen LogP contribution in [0.1, 0.15) is 39.7 Å². The van der Waals surface area contributed by atoms with Crippen LogP contribution in [-0.4, -0.2) is 58.2 Å². The highest BCUT2D eigenvalue weighted by Crippen LogP contribution is 2.27. The number of aryl methyl sites for hydroxylation is 1. The number of amides is 1. The van der Waals surface area contributed by atoms with E-state index in [-0.39, 0.29) is 18.9 Å². The van der Waals surface area contributed by atoms with Crippen molar-refractivity contribution in [3.63, 3.8) is 0 Å². The molecule has 0 spiro atoms. The van der Waals surface area contributed by atoms with E-state index in [4.69, 9.17) is 0 Å². The molecule has 0 fully saturated rings. The Bertz CT molecular complexity index is 696. The molecule has 148 valence electrons. The normalized spacial score (nSPS) is 11.3. The minimum Gasteiger partial charge on any atom is -0.372 e. The third-order valence-electron chi connectivity index (χ3n) is 4.62. The summed E-state index contributed by atoms with van der Waals surface area (Å²) < 4.78 is 26.0. The van der Waals surface area contributed by atoms with E-state index in [0.717, 1.165) is 24.3 Å². The van der Waals surface area contributed by atoms with Crippen molar-refractivity contribution < 1.29 is 13.2 Å². The molecule has 0 heterocycles. The topological polar surface area (TPSA) is 60.9 Å². The lowest BCUT2D eigenvalue weighted by Gasteiger charge is -2.27. The maximum Gasteiger partial charge on any atom is 0.232 e. The lowest BCUT2D eigenvalue weighted by Crippen LogP contribution is -2.37. The highest BCUT2D eigenvalue weighted by atomic mass is 32.2. The molecule has 1 aromatic carbocycles. The Balaban J connectivity index is 3.09. The third-order valence-corrected chi connectivity index (χ3v) is 5.80. The Morgan fingerprint density at radius 2 is 1.58 bits per heavy atom. The predicted molar refractivity (Wildman–Crippen MR) is 109 cm³/mol. The molecule has 0 atom stereocenters. The Hall–Kier alpha value is -1.76. The molecule has 26 heavy (non-hydrogen) atoms. The van der Waals surface area contributed by atoms with Gasteiger partial charge >= 0.3 is 0 Å². The van der Waals surface area contributed by atoms with E-state index in [9.17, 15) is 13.2 Å². The first-order valence-electron chi connectivity index (χ1n) is 9.30. The molecule has 1 rings (SSSR count). The van der Waals surface area contributed by atoms with Crippen LogP contribution in [0.5, 0.6) is 0 Å². The highest BCUT2D eigenvalue weighted by Gasteiger charge is 2.22. The molecule has 6 nitrogen and oxygen atoms in total. The van der Waals surface area contributed by atoms with Gasteiger partial charge in [0.05, 0.1) is 11.9 Å². The standard InChI is InChI=1S/C19H33N3O3S/c1-7-20(8-2)17-11-12-18(16(5)15-17)22(26(6,24)25)14-13-19(23)21(9-3)10-4/h11-12,15H,7-10,13-14H2,1-6H3. The van der Waals surface area contributed by atoms with Crippen LogP contribution in [0.25, 0.3) is 0 Å². The fourth-order valence-corrected chi connectivity index (χ4v) is 4.09. The number of carbonyl (C=O) groups excluding carboxylic acids is 1. The van der Waals surface area contributed by atoms with Crippen molar-refractivity contribution in [2.24, 2.45) is 0 Å². The molecule has 0 radical (unpaired) electrons. The van der Waals surface area contributed by atoms with Crippen molar-refractivity contribution in [3.05, 3.63) is 23.8 Å². The van der Waals surface area contributed by atoms with Crippen LogP contribution in [-0.2, 0) is 14.8 Å².